The van der Waals surface area contributed by atoms with Crippen LogP contribution in [0.25, 0.3) is 0 Å². The molecule has 2 rings (SSSR count). The molecule has 1 fully saturated rings. The van der Waals surface area contributed by atoms with Crippen LogP contribution in [0.4, 0.5) is 0 Å². The summed E-state index contributed by atoms with van der Waals surface area (Å²) in [6.07, 6.45) is 3.83. The molecular weight excluding hydrogens is 270 g/mol. The number of nitrogens with zero attached hydrogens (tertiary/aromatic N) is 3. The van der Waals surface area contributed by atoms with Crippen molar-refractivity contribution in [3.05, 3.63) is 17.5 Å². The third kappa shape index (κ3) is 3.25. The molecule has 0 spiro atoms. The first-order valence-electron chi connectivity index (χ1n) is 7.48. The Balaban J connectivity index is 2.14. The highest BCUT2D eigenvalue weighted by molar-refractivity contribution is 5.97. The van der Waals surface area contributed by atoms with Crippen molar-refractivity contribution in [2.75, 3.05) is 6.54 Å². The smallest absolute Gasteiger partial charge is 0.326 e. The molecule has 0 radical (unpaired) electrons. The van der Waals surface area contributed by atoms with E-state index in [0.29, 0.717) is 24.4 Å². The molecule has 0 bridgehead atoms. The number of aromatic nitrogens is 2. The van der Waals surface area contributed by atoms with Crippen LogP contribution >= 0.6 is 0 Å². The molecule has 1 aliphatic heterocycles. The van der Waals surface area contributed by atoms with Gasteiger partial charge in [-0.1, -0.05) is 13.8 Å². The van der Waals surface area contributed by atoms with E-state index in [1.807, 2.05) is 11.6 Å². The van der Waals surface area contributed by atoms with Crippen molar-refractivity contribution in [3.8, 4) is 0 Å². The van der Waals surface area contributed by atoms with E-state index in [9.17, 15) is 14.7 Å². The Hall–Kier alpha value is -1.85. The highest BCUT2D eigenvalue weighted by Gasteiger charge is 2.35. The lowest BCUT2D eigenvalue weighted by Crippen LogP contribution is -2.40. The van der Waals surface area contributed by atoms with Crippen LogP contribution < -0.4 is 0 Å². The van der Waals surface area contributed by atoms with E-state index in [-0.39, 0.29) is 5.91 Å². The summed E-state index contributed by atoms with van der Waals surface area (Å²) < 4.78 is 1.83. The van der Waals surface area contributed by atoms with Gasteiger partial charge in [-0.25, -0.2) is 4.79 Å². The number of hydrogen-bond donors (Lipinski definition) is 1. The number of carboxylic acid groups (broad SMARTS) is 1. The van der Waals surface area contributed by atoms with Gasteiger partial charge in [-0.3, -0.25) is 9.48 Å². The van der Waals surface area contributed by atoms with E-state index in [1.54, 1.807) is 6.20 Å². The number of hydrogen-bond acceptors (Lipinski definition) is 3. The number of carboxylic acids is 1. The molecule has 1 saturated heterocycles. The van der Waals surface area contributed by atoms with Crippen LogP contribution in [-0.2, 0) is 11.3 Å². The second-order valence-electron chi connectivity index (χ2n) is 6.04. The van der Waals surface area contributed by atoms with Crippen molar-refractivity contribution < 1.29 is 14.7 Å². The zero-order valence-electron chi connectivity index (χ0n) is 12.9. The van der Waals surface area contributed by atoms with Gasteiger partial charge in [0.25, 0.3) is 5.91 Å². The fourth-order valence-electron chi connectivity index (χ4n) is 2.68. The van der Waals surface area contributed by atoms with E-state index in [4.69, 9.17) is 0 Å². The second-order valence-corrected chi connectivity index (χ2v) is 6.04. The average Bonchev–Trinajstić information content (AvgIpc) is 3.02. The van der Waals surface area contributed by atoms with Crippen LogP contribution in [0.5, 0.6) is 0 Å². The van der Waals surface area contributed by atoms with Crippen molar-refractivity contribution in [2.24, 2.45) is 5.92 Å². The van der Waals surface area contributed by atoms with Gasteiger partial charge in [-0.15, -0.1) is 0 Å². The lowest BCUT2D eigenvalue weighted by molar-refractivity contribution is -0.141. The number of aliphatic carboxylic acids is 1. The lowest BCUT2D eigenvalue weighted by Gasteiger charge is -2.21. The topological polar surface area (TPSA) is 75.4 Å². The first kappa shape index (κ1) is 15.5. The molecule has 0 aliphatic carbocycles. The molecule has 21 heavy (non-hydrogen) atoms. The molecule has 1 atom stereocenters. The Morgan fingerprint density at radius 1 is 1.48 bits per heavy atom. The Labute approximate surface area is 124 Å². The van der Waals surface area contributed by atoms with Crippen molar-refractivity contribution in [2.45, 2.75) is 52.6 Å². The van der Waals surface area contributed by atoms with Crippen LogP contribution in [0.15, 0.2) is 6.20 Å². The molecule has 2 heterocycles. The maximum atomic E-state index is 12.5. The number of likely N-dealkylation sites (tertiary alicyclic amines) is 1. The zero-order chi connectivity index (χ0) is 15.6. The molecule has 1 aromatic heterocycles. The van der Waals surface area contributed by atoms with Crippen LogP contribution in [0.3, 0.4) is 0 Å². The van der Waals surface area contributed by atoms with Gasteiger partial charge < -0.3 is 10.0 Å². The van der Waals surface area contributed by atoms with Gasteiger partial charge in [0, 0.05) is 18.8 Å². The summed E-state index contributed by atoms with van der Waals surface area (Å²) in [5.41, 5.74) is 1.34. The summed E-state index contributed by atoms with van der Waals surface area (Å²) >= 11 is 0. The highest BCUT2D eigenvalue weighted by atomic mass is 16.4. The highest BCUT2D eigenvalue weighted by Crippen LogP contribution is 2.22. The molecule has 1 aromatic rings. The number of carbonyl (C=O) groups is 2. The summed E-state index contributed by atoms with van der Waals surface area (Å²) in [4.78, 5) is 25.2. The monoisotopic (exact) mass is 293 g/mol. The molecule has 0 saturated carbocycles. The Bertz CT molecular complexity index is 536. The van der Waals surface area contributed by atoms with E-state index in [1.165, 1.54) is 4.90 Å². The average molecular weight is 293 g/mol. The van der Waals surface area contributed by atoms with Gasteiger partial charge in [0.1, 0.15) is 6.04 Å². The van der Waals surface area contributed by atoms with Crippen molar-refractivity contribution in [1.82, 2.24) is 14.7 Å². The molecule has 116 valence electrons. The van der Waals surface area contributed by atoms with Gasteiger partial charge in [0.05, 0.1) is 11.8 Å². The third-order valence-corrected chi connectivity index (χ3v) is 4.05. The number of amides is 1. The molecule has 1 N–H and O–H groups in total. The molecule has 0 aromatic carbocycles. The first-order chi connectivity index (χ1) is 9.91. The summed E-state index contributed by atoms with van der Waals surface area (Å²) in [6.45, 7) is 7.44. The van der Waals surface area contributed by atoms with Gasteiger partial charge in [0.2, 0.25) is 0 Å². The van der Waals surface area contributed by atoms with Gasteiger partial charge in [0.15, 0.2) is 0 Å². The van der Waals surface area contributed by atoms with Gasteiger partial charge >= 0.3 is 5.97 Å². The lowest BCUT2D eigenvalue weighted by atomic mass is 10.1. The normalized spacial score (nSPS) is 18.5. The Kier molecular flexibility index (Phi) is 4.65. The molecule has 0 unspecified atom stereocenters. The van der Waals surface area contributed by atoms with Gasteiger partial charge in [-0.05, 0) is 32.1 Å². The van der Waals surface area contributed by atoms with E-state index >= 15 is 0 Å². The van der Waals surface area contributed by atoms with E-state index < -0.39 is 12.0 Å². The standard InChI is InChI=1S/C15H23N3O3/c1-10(2)6-8-18-11(3)12(9-16-18)14(19)17-7-4-5-13(17)15(20)21/h9-10,13H,4-8H2,1-3H3,(H,20,21)/t13-/m1/s1. The minimum absolute atomic E-state index is 0.215. The quantitative estimate of drug-likeness (QED) is 0.900. The fourth-order valence-corrected chi connectivity index (χ4v) is 2.68. The van der Waals surface area contributed by atoms with Crippen LogP contribution in [0.1, 0.15) is 49.2 Å². The Morgan fingerprint density at radius 3 is 2.81 bits per heavy atom. The number of rotatable bonds is 5. The minimum Gasteiger partial charge on any atom is -0.480 e. The molecule has 1 aliphatic rings. The van der Waals surface area contributed by atoms with Crippen molar-refractivity contribution in [3.63, 3.8) is 0 Å². The predicted octanol–water partition coefficient (Wildman–Crippen LogP) is 1.93. The largest absolute Gasteiger partial charge is 0.480 e. The molecule has 6 heteroatoms. The SMILES string of the molecule is Cc1c(C(=O)N2CCC[C@@H]2C(=O)O)cnn1CCC(C)C. The van der Waals surface area contributed by atoms with Crippen LogP contribution in [-0.4, -0.2) is 44.3 Å². The zero-order valence-corrected chi connectivity index (χ0v) is 12.9. The summed E-state index contributed by atoms with van der Waals surface area (Å²) in [5, 5.41) is 13.5. The minimum atomic E-state index is -0.925. The van der Waals surface area contributed by atoms with Crippen LogP contribution in [0.2, 0.25) is 0 Å². The summed E-state index contributed by atoms with van der Waals surface area (Å²) in [7, 11) is 0. The van der Waals surface area contributed by atoms with E-state index in [2.05, 4.69) is 18.9 Å². The summed E-state index contributed by atoms with van der Waals surface area (Å²) in [5.74, 6) is -0.568. The maximum Gasteiger partial charge on any atom is 0.326 e. The fraction of sp³-hybridized carbons (Fsp3) is 0.667. The van der Waals surface area contributed by atoms with Crippen LogP contribution in [0, 0.1) is 12.8 Å². The molecular formula is C15H23N3O3. The Morgan fingerprint density at radius 2 is 2.19 bits per heavy atom. The first-order valence-corrected chi connectivity index (χ1v) is 7.48. The number of carbonyl (C=O) groups excluding carboxylic acids is 1. The molecule has 1 amide bonds. The van der Waals surface area contributed by atoms with E-state index in [0.717, 1.165) is 25.1 Å². The maximum absolute atomic E-state index is 12.5. The third-order valence-electron chi connectivity index (χ3n) is 4.05. The number of aryl methyl sites for hydroxylation is 1. The summed E-state index contributed by atoms with van der Waals surface area (Å²) in [6, 6.07) is -0.698. The predicted molar refractivity (Wildman–Crippen MR) is 78.1 cm³/mol. The molecule has 6 nitrogen and oxygen atoms in total. The van der Waals surface area contributed by atoms with Crippen molar-refractivity contribution in [1.29, 1.82) is 0 Å². The van der Waals surface area contributed by atoms with Gasteiger partial charge in [-0.2, -0.15) is 5.10 Å². The van der Waals surface area contributed by atoms with Crippen molar-refractivity contribution >= 4 is 11.9 Å². The second kappa shape index (κ2) is 6.28.